The van der Waals surface area contributed by atoms with Crippen LogP contribution in [0.4, 0.5) is 0 Å². The lowest BCUT2D eigenvalue weighted by molar-refractivity contribution is 0.0169. The number of hydrogen-bond donors (Lipinski definition) is 1. The summed E-state index contributed by atoms with van der Waals surface area (Å²) in [6.45, 7) is 3.38. The monoisotopic (exact) mass is 267 g/mol. The van der Waals surface area contributed by atoms with Crippen LogP contribution >= 0.6 is 0 Å². The Morgan fingerprint density at radius 3 is 2.68 bits per heavy atom. The third-order valence-electron chi connectivity index (χ3n) is 5.45. The molecule has 4 unspecified atom stereocenters. The molecule has 3 nitrogen and oxygen atoms in total. The predicted octanol–water partition coefficient (Wildman–Crippen LogP) is 2.57. The molecule has 2 heterocycles. The summed E-state index contributed by atoms with van der Waals surface area (Å²) in [5, 5.41) is 10.3. The van der Waals surface area contributed by atoms with Crippen molar-refractivity contribution < 1.29 is 9.84 Å². The zero-order valence-electron chi connectivity index (χ0n) is 12.1. The predicted molar refractivity (Wildman–Crippen MR) is 76.2 cm³/mol. The van der Waals surface area contributed by atoms with Crippen molar-refractivity contribution >= 4 is 0 Å². The summed E-state index contributed by atoms with van der Waals surface area (Å²) >= 11 is 0. The van der Waals surface area contributed by atoms with Gasteiger partial charge in [0.1, 0.15) is 0 Å². The molecule has 0 radical (unpaired) electrons. The summed E-state index contributed by atoms with van der Waals surface area (Å²) in [7, 11) is 0. The Morgan fingerprint density at radius 1 is 1.00 bits per heavy atom. The minimum Gasteiger partial charge on any atom is -0.393 e. The van der Waals surface area contributed by atoms with Crippen LogP contribution in [0, 0.1) is 5.92 Å². The van der Waals surface area contributed by atoms with Crippen molar-refractivity contribution in [2.75, 3.05) is 19.7 Å². The first-order valence-corrected chi connectivity index (χ1v) is 8.38. The number of ether oxygens (including phenoxy) is 1. The van der Waals surface area contributed by atoms with E-state index in [9.17, 15) is 5.11 Å². The fraction of sp³-hybridized carbons (Fsp3) is 1.00. The summed E-state index contributed by atoms with van der Waals surface area (Å²) in [5.74, 6) is 0.542. The molecule has 2 aliphatic heterocycles. The molecule has 0 amide bonds. The number of aliphatic hydroxyl groups is 1. The topological polar surface area (TPSA) is 32.7 Å². The van der Waals surface area contributed by atoms with E-state index in [1.54, 1.807) is 0 Å². The maximum absolute atomic E-state index is 10.3. The average Bonchev–Trinajstić information content (AvgIpc) is 3.08. The first-order chi connectivity index (χ1) is 9.34. The lowest BCUT2D eigenvalue weighted by atomic mass is 9.80. The maximum Gasteiger partial charge on any atom is 0.0588 e. The van der Waals surface area contributed by atoms with Gasteiger partial charge >= 0.3 is 0 Å². The van der Waals surface area contributed by atoms with Gasteiger partial charge in [0, 0.05) is 25.1 Å². The first kappa shape index (κ1) is 13.8. The number of nitrogens with zero attached hydrogens (tertiary/aromatic N) is 1. The molecule has 1 aliphatic carbocycles. The van der Waals surface area contributed by atoms with Crippen LogP contribution in [0.1, 0.15) is 57.8 Å². The summed E-state index contributed by atoms with van der Waals surface area (Å²) < 4.78 is 5.74. The summed E-state index contributed by atoms with van der Waals surface area (Å²) in [6.07, 6.45) is 11.6. The molecule has 2 saturated heterocycles. The molecule has 0 spiro atoms. The molecule has 0 aromatic rings. The Balaban J connectivity index is 1.51. The smallest absolute Gasteiger partial charge is 0.0588 e. The number of hydrogen-bond acceptors (Lipinski definition) is 3. The van der Waals surface area contributed by atoms with E-state index in [2.05, 4.69) is 4.90 Å². The van der Waals surface area contributed by atoms with Crippen LogP contribution in [0.2, 0.25) is 0 Å². The summed E-state index contributed by atoms with van der Waals surface area (Å²) in [4.78, 5) is 2.65. The normalized spacial score (nSPS) is 40.9. The number of rotatable bonds is 4. The van der Waals surface area contributed by atoms with Crippen molar-refractivity contribution in [2.24, 2.45) is 5.92 Å². The molecular formula is C16H29NO2. The first-order valence-electron chi connectivity index (χ1n) is 8.38. The highest BCUT2D eigenvalue weighted by atomic mass is 16.5. The zero-order chi connectivity index (χ0) is 13.1. The second-order valence-electron chi connectivity index (χ2n) is 6.68. The fourth-order valence-electron chi connectivity index (χ4n) is 4.39. The van der Waals surface area contributed by atoms with E-state index in [-0.39, 0.29) is 6.10 Å². The Kier molecular flexibility index (Phi) is 4.78. The Bertz CT molecular complexity index is 278. The fourth-order valence-corrected chi connectivity index (χ4v) is 4.39. The highest BCUT2D eigenvalue weighted by molar-refractivity contribution is 4.90. The van der Waals surface area contributed by atoms with Gasteiger partial charge in [0.05, 0.1) is 12.2 Å². The molecule has 3 heteroatoms. The summed E-state index contributed by atoms with van der Waals surface area (Å²) in [6, 6.07) is 0.650. The van der Waals surface area contributed by atoms with E-state index in [0.29, 0.717) is 18.1 Å². The van der Waals surface area contributed by atoms with E-state index in [4.69, 9.17) is 4.74 Å². The molecule has 3 aliphatic rings. The van der Waals surface area contributed by atoms with Crippen LogP contribution in [0.15, 0.2) is 0 Å². The molecular weight excluding hydrogens is 238 g/mol. The van der Waals surface area contributed by atoms with Crippen LogP contribution < -0.4 is 0 Å². The van der Waals surface area contributed by atoms with E-state index >= 15 is 0 Å². The van der Waals surface area contributed by atoms with Crippen molar-refractivity contribution in [3.05, 3.63) is 0 Å². The third-order valence-corrected chi connectivity index (χ3v) is 5.45. The largest absolute Gasteiger partial charge is 0.393 e. The zero-order valence-corrected chi connectivity index (χ0v) is 12.1. The third kappa shape index (κ3) is 3.32. The van der Waals surface area contributed by atoms with Gasteiger partial charge in [-0.25, -0.2) is 0 Å². The van der Waals surface area contributed by atoms with Crippen LogP contribution in [0.5, 0.6) is 0 Å². The minimum absolute atomic E-state index is 0.0397. The van der Waals surface area contributed by atoms with Gasteiger partial charge in [-0.3, -0.25) is 4.90 Å². The van der Waals surface area contributed by atoms with Crippen LogP contribution in [0.3, 0.4) is 0 Å². The van der Waals surface area contributed by atoms with Gasteiger partial charge in [0.15, 0.2) is 0 Å². The molecule has 1 saturated carbocycles. The molecule has 1 N–H and O–H groups in total. The van der Waals surface area contributed by atoms with E-state index < -0.39 is 0 Å². The van der Waals surface area contributed by atoms with Crippen molar-refractivity contribution in [1.29, 1.82) is 0 Å². The molecule has 19 heavy (non-hydrogen) atoms. The van der Waals surface area contributed by atoms with Crippen molar-refractivity contribution in [3.63, 3.8) is 0 Å². The Labute approximate surface area is 117 Å². The van der Waals surface area contributed by atoms with Gasteiger partial charge in [0.2, 0.25) is 0 Å². The second kappa shape index (κ2) is 6.55. The highest BCUT2D eigenvalue weighted by Gasteiger charge is 2.36. The van der Waals surface area contributed by atoms with Gasteiger partial charge < -0.3 is 9.84 Å². The van der Waals surface area contributed by atoms with E-state index in [1.165, 1.54) is 64.5 Å². The lowest BCUT2D eigenvalue weighted by Gasteiger charge is -2.37. The van der Waals surface area contributed by atoms with Crippen LogP contribution in [-0.2, 0) is 4.74 Å². The van der Waals surface area contributed by atoms with Gasteiger partial charge in [-0.15, -0.1) is 0 Å². The van der Waals surface area contributed by atoms with E-state index in [0.717, 1.165) is 13.0 Å². The standard InChI is InChI=1S/C16H29NO2/c18-16-8-2-1-6-14(16)15-7-3-10-17(15)11-9-13-5-4-12-19-13/h13-16,18H,1-12H2. The molecule has 0 aromatic heterocycles. The Hall–Kier alpha value is -0.120. The Morgan fingerprint density at radius 2 is 1.89 bits per heavy atom. The van der Waals surface area contributed by atoms with Crippen molar-refractivity contribution in [1.82, 2.24) is 4.90 Å². The van der Waals surface area contributed by atoms with Gasteiger partial charge in [0.25, 0.3) is 0 Å². The van der Waals surface area contributed by atoms with Crippen molar-refractivity contribution in [2.45, 2.75) is 76.0 Å². The lowest BCUT2D eigenvalue weighted by Crippen LogP contribution is -2.43. The van der Waals surface area contributed by atoms with Gasteiger partial charge in [-0.2, -0.15) is 0 Å². The summed E-state index contributed by atoms with van der Waals surface area (Å²) in [5.41, 5.74) is 0. The SMILES string of the molecule is OC1CCCCC1C1CCCN1CCC1CCCO1. The van der Waals surface area contributed by atoms with Crippen LogP contribution in [-0.4, -0.2) is 48.0 Å². The molecule has 0 aromatic carbocycles. The minimum atomic E-state index is -0.0397. The quantitative estimate of drug-likeness (QED) is 0.850. The highest BCUT2D eigenvalue weighted by Crippen LogP contribution is 2.34. The van der Waals surface area contributed by atoms with E-state index in [1.807, 2.05) is 0 Å². The maximum atomic E-state index is 10.3. The molecule has 110 valence electrons. The van der Waals surface area contributed by atoms with Crippen molar-refractivity contribution in [3.8, 4) is 0 Å². The number of aliphatic hydroxyl groups excluding tert-OH is 1. The van der Waals surface area contributed by atoms with Gasteiger partial charge in [-0.1, -0.05) is 12.8 Å². The molecule has 4 atom stereocenters. The van der Waals surface area contributed by atoms with Crippen LogP contribution in [0.25, 0.3) is 0 Å². The second-order valence-corrected chi connectivity index (χ2v) is 6.68. The molecule has 3 rings (SSSR count). The molecule has 0 bridgehead atoms. The van der Waals surface area contributed by atoms with Gasteiger partial charge in [-0.05, 0) is 51.5 Å². The average molecular weight is 267 g/mol. The number of likely N-dealkylation sites (tertiary alicyclic amines) is 1. The molecule has 3 fully saturated rings.